The van der Waals surface area contributed by atoms with E-state index in [-0.39, 0.29) is 33.4 Å². The molecule has 1 aliphatic heterocycles. The lowest BCUT2D eigenvalue weighted by Gasteiger charge is -2.32. The van der Waals surface area contributed by atoms with Gasteiger partial charge in [-0.2, -0.15) is 0 Å². The van der Waals surface area contributed by atoms with E-state index in [1.54, 1.807) is 22.6 Å². The first-order valence-electron chi connectivity index (χ1n) is 11.5. The number of hydrogen-bond donors (Lipinski definition) is 1. The molecule has 2 aliphatic rings. The van der Waals surface area contributed by atoms with Gasteiger partial charge in [-0.05, 0) is 62.1 Å². The zero-order valence-electron chi connectivity index (χ0n) is 20.2. The molecule has 2 fully saturated rings. The molecule has 0 radical (unpaired) electrons. The summed E-state index contributed by atoms with van der Waals surface area (Å²) >= 11 is 11.6. The topological polar surface area (TPSA) is 92.8 Å². The number of hydrogen-bond acceptors (Lipinski definition) is 5. The first-order chi connectivity index (χ1) is 16.9. The zero-order chi connectivity index (χ0) is 26.6. The van der Waals surface area contributed by atoms with Gasteiger partial charge in [0.05, 0.1) is 28.5 Å². The van der Waals surface area contributed by atoms with E-state index in [9.17, 15) is 22.4 Å². The van der Waals surface area contributed by atoms with Crippen molar-refractivity contribution in [1.82, 2.24) is 9.62 Å². The number of amides is 2. The largest absolute Gasteiger partial charge is 0.493 e. The van der Waals surface area contributed by atoms with E-state index in [0.717, 1.165) is 38.0 Å². The van der Waals surface area contributed by atoms with E-state index in [1.807, 2.05) is 0 Å². The Hall–Kier alpha value is -2.36. The Morgan fingerprint density at radius 3 is 2.39 bits per heavy atom. The minimum absolute atomic E-state index is 0.0867. The molecule has 196 valence electrons. The summed E-state index contributed by atoms with van der Waals surface area (Å²) < 4.78 is 45.2. The Balaban J connectivity index is 1.60. The summed E-state index contributed by atoms with van der Waals surface area (Å²) in [5.41, 5.74) is 0.913. The highest BCUT2D eigenvalue weighted by Gasteiger charge is 2.31. The normalized spacial score (nSPS) is 17.6. The van der Waals surface area contributed by atoms with Crippen LogP contribution in [0.1, 0.15) is 54.4 Å². The molecule has 1 saturated heterocycles. The van der Waals surface area contributed by atoms with Gasteiger partial charge in [0, 0.05) is 24.7 Å². The van der Waals surface area contributed by atoms with E-state index in [1.165, 1.54) is 12.1 Å². The number of carbonyl (C=O) groups excluding carboxylic acids is 2. The molecule has 0 unspecified atom stereocenters. The summed E-state index contributed by atoms with van der Waals surface area (Å²) in [5.74, 6) is -1.24. The fourth-order valence-corrected chi connectivity index (χ4v) is 4.50. The molecule has 1 saturated carbocycles. The molecule has 1 aliphatic carbocycles. The number of ether oxygens (including phenoxy) is 1. The van der Waals surface area contributed by atoms with E-state index in [4.69, 9.17) is 27.9 Å². The van der Waals surface area contributed by atoms with Crippen molar-refractivity contribution in [3.63, 3.8) is 0 Å². The van der Waals surface area contributed by atoms with Crippen molar-refractivity contribution in [1.29, 1.82) is 0 Å². The summed E-state index contributed by atoms with van der Waals surface area (Å²) in [7, 11) is -3.81. The van der Waals surface area contributed by atoms with Crippen molar-refractivity contribution in [2.75, 3.05) is 26.0 Å². The summed E-state index contributed by atoms with van der Waals surface area (Å²) in [6.45, 7) is 6.71. The van der Waals surface area contributed by atoms with Gasteiger partial charge < -0.3 is 9.64 Å². The lowest BCUT2D eigenvalue weighted by Crippen LogP contribution is -2.40. The average molecular weight is 559 g/mol. The van der Waals surface area contributed by atoms with E-state index < -0.39 is 21.7 Å². The van der Waals surface area contributed by atoms with Crippen LogP contribution in [0, 0.1) is 11.7 Å². The number of allylic oxidation sites excluding steroid dienone is 4. The molecule has 2 amide bonds. The number of benzene rings is 1. The molecule has 1 N–H and O–H groups in total. The lowest BCUT2D eigenvalue weighted by molar-refractivity contribution is -0.128. The fourth-order valence-electron chi connectivity index (χ4n) is 3.93. The van der Waals surface area contributed by atoms with Gasteiger partial charge in [-0.25, -0.2) is 17.5 Å². The van der Waals surface area contributed by atoms with Crippen LogP contribution in [-0.2, 0) is 14.8 Å². The second kappa shape index (κ2) is 11.8. The Bertz CT molecular complexity index is 1220. The first-order valence-corrected chi connectivity index (χ1v) is 14.2. The summed E-state index contributed by atoms with van der Waals surface area (Å²) in [4.78, 5) is 26.7. The van der Waals surface area contributed by atoms with Crippen LogP contribution >= 0.6 is 23.2 Å². The van der Waals surface area contributed by atoms with Gasteiger partial charge in [0.2, 0.25) is 15.9 Å². The minimum atomic E-state index is -3.81. The summed E-state index contributed by atoms with van der Waals surface area (Å²) in [6, 6.07) is 2.55. The molecule has 11 heteroatoms. The average Bonchev–Trinajstić information content (AvgIpc) is 3.64. The molecule has 1 aromatic rings. The number of nitrogens with zero attached hydrogens (tertiary/aromatic N) is 1. The van der Waals surface area contributed by atoms with Crippen LogP contribution in [0.5, 0.6) is 5.75 Å². The molecule has 7 nitrogen and oxygen atoms in total. The third kappa shape index (κ3) is 7.82. The third-order valence-corrected chi connectivity index (χ3v) is 7.30. The standard InChI is InChI=1S/C25H29Cl2FN2O5S/c1-15(4-7-21(27)16(2)26)25(32)30-10-8-17(9-11-30)14-35-23-13-22(28)20(12-19(23)18-5-6-18)24(31)29-36(3,33)34/h4,7,12-13,17-18H,2,5-6,8-11,14H2,1,3H3,(H,29,31)/b15-4+,21-7+. The monoisotopic (exact) mass is 558 g/mol. The van der Waals surface area contributed by atoms with E-state index >= 15 is 0 Å². The van der Waals surface area contributed by atoms with Crippen molar-refractivity contribution in [2.45, 2.75) is 38.5 Å². The summed E-state index contributed by atoms with van der Waals surface area (Å²) in [6.07, 6.45) is 7.22. The number of carbonyl (C=O) groups is 2. The van der Waals surface area contributed by atoms with Gasteiger partial charge >= 0.3 is 0 Å². The van der Waals surface area contributed by atoms with Gasteiger partial charge in [0.15, 0.2) is 0 Å². The minimum Gasteiger partial charge on any atom is -0.493 e. The van der Waals surface area contributed by atoms with Crippen LogP contribution in [0.3, 0.4) is 0 Å². The molecular formula is C25H29Cl2FN2O5S. The molecule has 0 atom stereocenters. The van der Waals surface area contributed by atoms with Gasteiger partial charge in [0.25, 0.3) is 5.91 Å². The fraction of sp³-hybridized carbons (Fsp3) is 0.440. The van der Waals surface area contributed by atoms with Crippen LogP contribution in [0.2, 0.25) is 0 Å². The number of likely N-dealkylation sites (tertiary alicyclic amines) is 1. The van der Waals surface area contributed by atoms with Gasteiger partial charge in [-0.3, -0.25) is 9.59 Å². The van der Waals surface area contributed by atoms with E-state index in [2.05, 4.69) is 6.58 Å². The molecule has 0 bridgehead atoms. The second-order valence-electron chi connectivity index (χ2n) is 9.16. The van der Waals surface area contributed by atoms with Crippen LogP contribution in [-0.4, -0.2) is 51.1 Å². The van der Waals surface area contributed by atoms with Crippen molar-refractivity contribution in [2.24, 2.45) is 5.92 Å². The number of piperidine rings is 1. The predicted molar refractivity (Wildman–Crippen MR) is 138 cm³/mol. The maximum absolute atomic E-state index is 14.7. The maximum Gasteiger partial charge on any atom is 0.267 e. The Kier molecular flexibility index (Phi) is 9.24. The Morgan fingerprint density at radius 2 is 1.83 bits per heavy atom. The van der Waals surface area contributed by atoms with Gasteiger partial charge in [0.1, 0.15) is 11.6 Å². The third-order valence-electron chi connectivity index (χ3n) is 6.09. The van der Waals surface area contributed by atoms with Crippen LogP contribution in [0.25, 0.3) is 0 Å². The lowest BCUT2D eigenvalue weighted by atomic mass is 9.97. The number of nitrogens with one attached hydrogen (secondary N) is 1. The Labute approximate surface area is 221 Å². The van der Waals surface area contributed by atoms with Crippen molar-refractivity contribution in [3.05, 3.63) is 63.4 Å². The second-order valence-corrected chi connectivity index (χ2v) is 11.8. The molecule has 1 aromatic carbocycles. The highest BCUT2D eigenvalue weighted by Crippen LogP contribution is 2.45. The molecule has 1 heterocycles. The number of rotatable bonds is 9. The Morgan fingerprint density at radius 1 is 1.19 bits per heavy atom. The highest BCUT2D eigenvalue weighted by atomic mass is 35.5. The molecular weight excluding hydrogens is 530 g/mol. The molecule has 36 heavy (non-hydrogen) atoms. The molecule has 0 aromatic heterocycles. The number of sulfonamides is 1. The van der Waals surface area contributed by atoms with Crippen LogP contribution in [0.4, 0.5) is 4.39 Å². The van der Waals surface area contributed by atoms with Crippen molar-refractivity contribution >= 4 is 45.0 Å². The zero-order valence-corrected chi connectivity index (χ0v) is 22.5. The van der Waals surface area contributed by atoms with Gasteiger partial charge in [-0.1, -0.05) is 35.9 Å². The van der Waals surface area contributed by atoms with Crippen molar-refractivity contribution < 1.29 is 27.1 Å². The van der Waals surface area contributed by atoms with Gasteiger partial charge in [-0.15, -0.1) is 0 Å². The quantitative estimate of drug-likeness (QED) is 0.346. The van der Waals surface area contributed by atoms with Crippen LogP contribution in [0.15, 0.2) is 46.5 Å². The maximum atomic E-state index is 14.7. The SMILES string of the molecule is C=C(Cl)/C(Cl)=C\C=C(/C)C(=O)N1CCC(COc2cc(F)c(C(=O)NS(C)(=O)=O)cc2C2CC2)CC1. The first kappa shape index (κ1) is 28.2. The van der Waals surface area contributed by atoms with E-state index in [0.29, 0.717) is 36.6 Å². The predicted octanol–water partition coefficient (Wildman–Crippen LogP) is 4.83. The molecule has 3 rings (SSSR count). The van der Waals surface area contributed by atoms with Crippen molar-refractivity contribution in [3.8, 4) is 5.75 Å². The highest BCUT2D eigenvalue weighted by molar-refractivity contribution is 7.89. The summed E-state index contributed by atoms with van der Waals surface area (Å²) in [5, 5.41) is 0.469. The number of halogens is 3. The van der Waals surface area contributed by atoms with Crippen LogP contribution < -0.4 is 9.46 Å². The smallest absolute Gasteiger partial charge is 0.267 e. The molecule has 0 spiro atoms.